The van der Waals surface area contributed by atoms with E-state index in [0.717, 1.165) is 0 Å². The van der Waals surface area contributed by atoms with Crippen LogP contribution in [-0.2, 0) is 10.8 Å². The summed E-state index contributed by atoms with van der Waals surface area (Å²) in [4.78, 5) is 12.3. The van der Waals surface area contributed by atoms with Gasteiger partial charge in [-0.3, -0.25) is 9.00 Å². The van der Waals surface area contributed by atoms with E-state index in [9.17, 15) is 9.00 Å². The molecule has 3 nitrogen and oxygen atoms in total. The van der Waals surface area contributed by atoms with Crippen LogP contribution in [-0.4, -0.2) is 22.3 Å². The highest BCUT2D eigenvalue weighted by Gasteiger charge is 2.20. The van der Waals surface area contributed by atoms with E-state index < -0.39 is 10.8 Å². The van der Waals surface area contributed by atoms with Gasteiger partial charge < -0.3 is 5.32 Å². The van der Waals surface area contributed by atoms with Crippen molar-refractivity contribution in [1.82, 2.24) is 5.32 Å². The van der Waals surface area contributed by atoms with Gasteiger partial charge in [0, 0.05) is 24.1 Å². The van der Waals surface area contributed by atoms with Crippen LogP contribution < -0.4 is 5.32 Å². The fraction of sp³-hybridized carbons (Fsp3) is 0.182. The summed E-state index contributed by atoms with van der Waals surface area (Å²) >= 11 is 0. The second-order valence-corrected chi connectivity index (χ2v) is 4.75. The highest BCUT2D eigenvalue weighted by atomic mass is 32.2. The average molecular weight is 221 g/mol. The first-order valence-corrected chi connectivity index (χ1v) is 6.02. The van der Waals surface area contributed by atoms with Gasteiger partial charge in [0.05, 0.1) is 10.8 Å². The molecule has 0 fully saturated rings. The van der Waals surface area contributed by atoms with Gasteiger partial charge in [-0.05, 0) is 0 Å². The Morgan fingerprint density at radius 3 is 2.67 bits per heavy atom. The normalized spacial score (nSPS) is 20.3. The highest BCUT2D eigenvalue weighted by Crippen LogP contribution is 2.13. The van der Waals surface area contributed by atoms with Crippen molar-refractivity contribution < 1.29 is 9.00 Å². The number of carbonyl (C=O) groups is 1. The molecule has 15 heavy (non-hydrogen) atoms. The van der Waals surface area contributed by atoms with Crippen LogP contribution in [0.4, 0.5) is 0 Å². The summed E-state index contributed by atoms with van der Waals surface area (Å²) in [7, 11) is -1.16. The zero-order chi connectivity index (χ0) is 10.7. The number of rotatable bonds is 2. The van der Waals surface area contributed by atoms with Gasteiger partial charge in [0.1, 0.15) is 4.91 Å². The van der Waals surface area contributed by atoms with Crippen molar-refractivity contribution in [1.29, 1.82) is 0 Å². The molecular weight excluding hydrogens is 210 g/mol. The van der Waals surface area contributed by atoms with E-state index in [1.54, 1.807) is 30.5 Å². The average Bonchev–Trinajstić information content (AvgIpc) is 2.30. The van der Waals surface area contributed by atoms with Gasteiger partial charge in [-0.1, -0.05) is 30.3 Å². The lowest BCUT2D eigenvalue weighted by Crippen LogP contribution is -2.26. The van der Waals surface area contributed by atoms with Crippen molar-refractivity contribution in [3.8, 4) is 0 Å². The van der Waals surface area contributed by atoms with Gasteiger partial charge in [-0.25, -0.2) is 0 Å². The number of nitrogens with one attached hydrogen (secondary N) is 1. The summed E-state index contributed by atoms with van der Waals surface area (Å²) in [5.74, 6) is 0.353. The number of allylic oxidation sites excluding steroid dienone is 1. The first kappa shape index (κ1) is 10.1. The van der Waals surface area contributed by atoms with Gasteiger partial charge in [-0.2, -0.15) is 0 Å². The Kier molecular flexibility index (Phi) is 2.97. The molecule has 1 aromatic carbocycles. The molecule has 78 valence electrons. The van der Waals surface area contributed by atoms with Crippen LogP contribution in [0, 0.1) is 0 Å². The molecule has 0 saturated heterocycles. The topological polar surface area (TPSA) is 46.2 Å². The minimum atomic E-state index is -1.16. The monoisotopic (exact) mass is 221 g/mol. The maximum Gasteiger partial charge on any atom is 0.203 e. The van der Waals surface area contributed by atoms with E-state index in [2.05, 4.69) is 5.32 Å². The molecule has 0 bridgehead atoms. The van der Waals surface area contributed by atoms with Crippen LogP contribution in [0.2, 0.25) is 0 Å². The Labute approximate surface area is 90.6 Å². The molecule has 0 saturated carbocycles. The summed E-state index contributed by atoms with van der Waals surface area (Å²) < 4.78 is 11.6. The minimum absolute atomic E-state index is 0.152. The van der Waals surface area contributed by atoms with Gasteiger partial charge in [-0.15, -0.1) is 0 Å². The third-order valence-electron chi connectivity index (χ3n) is 2.17. The Balaban J connectivity index is 2.29. The van der Waals surface area contributed by atoms with Gasteiger partial charge in [0.2, 0.25) is 5.78 Å². The molecule has 0 radical (unpaired) electrons. The summed E-state index contributed by atoms with van der Waals surface area (Å²) in [5, 5.41) is 2.94. The molecule has 0 aromatic heterocycles. The van der Waals surface area contributed by atoms with Gasteiger partial charge >= 0.3 is 0 Å². The van der Waals surface area contributed by atoms with E-state index in [0.29, 0.717) is 22.8 Å². The van der Waals surface area contributed by atoms with Gasteiger partial charge in [0.15, 0.2) is 0 Å². The zero-order valence-corrected chi connectivity index (χ0v) is 8.92. The van der Waals surface area contributed by atoms with E-state index in [1.165, 1.54) is 0 Å². The largest absolute Gasteiger partial charge is 0.389 e. The highest BCUT2D eigenvalue weighted by molar-refractivity contribution is 7.90. The number of hydrogen-bond acceptors (Lipinski definition) is 3. The molecule has 1 aromatic rings. The lowest BCUT2D eigenvalue weighted by molar-refractivity contribution is 0.104. The van der Waals surface area contributed by atoms with Crippen LogP contribution in [0.15, 0.2) is 41.4 Å². The predicted molar refractivity (Wildman–Crippen MR) is 59.9 cm³/mol. The molecule has 4 heteroatoms. The Bertz CT molecular complexity index is 425. The van der Waals surface area contributed by atoms with E-state index in [4.69, 9.17) is 0 Å². The standard InChI is InChI=1S/C11H11NO2S/c13-11(9-4-2-1-3-5-9)10-8-12-6-7-15(10)14/h1-5,8,12H,6-7H2. The van der Waals surface area contributed by atoms with Crippen LogP contribution in [0.25, 0.3) is 0 Å². The molecule has 0 spiro atoms. The number of benzene rings is 1. The summed E-state index contributed by atoms with van der Waals surface area (Å²) in [6.07, 6.45) is 1.56. The van der Waals surface area contributed by atoms with E-state index >= 15 is 0 Å². The molecular formula is C11H11NO2S. The second-order valence-electron chi connectivity index (χ2n) is 3.21. The number of carbonyl (C=O) groups excluding carboxylic acids is 1. The summed E-state index contributed by atoms with van der Waals surface area (Å²) in [6, 6.07) is 8.91. The summed E-state index contributed by atoms with van der Waals surface area (Å²) in [5.41, 5.74) is 0.584. The van der Waals surface area contributed by atoms with Crippen molar-refractivity contribution in [2.45, 2.75) is 0 Å². The van der Waals surface area contributed by atoms with Crippen LogP contribution in [0.3, 0.4) is 0 Å². The SMILES string of the molecule is O=C(C1=CNCCS1=O)c1ccccc1. The van der Waals surface area contributed by atoms with E-state index in [1.807, 2.05) is 6.07 Å². The van der Waals surface area contributed by atoms with Crippen molar-refractivity contribution in [2.24, 2.45) is 0 Å². The Morgan fingerprint density at radius 2 is 2.00 bits per heavy atom. The molecule has 1 atom stereocenters. The predicted octanol–water partition coefficient (Wildman–Crippen LogP) is 1.06. The fourth-order valence-electron chi connectivity index (χ4n) is 1.39. The molecule has 2 rings (SSSR count). The van der Waals surface area contributed by atoms with Crippen LogP contribution in [0.1, 0.15) is 10.4 Å². The molecule has 1 aliphatic rings. The van der Waals surface area contributed by atoms with Crippen molar-refractivity contribution in [2.75, 3.05) is 12.3 Å². The van der Waals surface area contributed by atoms with Crippen molar-refractivity contribution >= 4 is 16.6 Å². The molecule has 1 aliphatic heterocycles. The molecule has 1 N–H and O–H groups in total. The van der Waals surface area contributed by atoms with Crippen LogP contribution in [0.5, 0.6) is 0 Å². The summed E-state index contributed by atoms with van der Waals surface area (Å²) in [6.45, 7) is 0.665. The van der Waals surface area contributed by atoms with Crippen LogP contribution >= 0.6 is 0 Å². The molecule has 1 heterocycles. The fourth-order valence-corrected chi connectivity index (χ4v) is 2.46. The molecule has 0 amide bonds. The Morgan fingerprint density at radius 1 is 1.27 bits per heavy atom. The quantitative estimate of drug-likeness (QED) is 0.760. The molecule has 0 aliphatic carbocycles. The van der Waals surface area contributed by atoms with Crippen molar-refractivity contribution in [3.63, 3.8) is 0 Å². The maximum absolute atomic E-state index is 11.9. The maximum atomic E-state index is 11.9. The van der Waals surface area contributed by atoms with Gasteiger partial charge in [0.25, 0.3) is 0 Å². The number of hydrogen-bond donors (Lipinski definition) is 1. The zero-order valence-electron chi connectivity index (χ0n) is 8.10. The number of ketones is 1. The lowest BCUT2D eigenvalue weighted by atomic mass is 10.1. The first-order chi connectivity index (χ1) is 7.29. The lowest BCUT2D eigenvalue weighted by Gasteiger charge is -2.12. The number of Topliss-reactive ketones (excluding diaryl/α,β-unsaturated/α-hetero) is 1. The van der Waals surface area contributed by atoms with E-state index in [-0.39, 0.29) is 5.78 Å². The first-order valence-electron chi connectivity index (χ1n) is 4.71. The Hall–Kier alpha value is -1.42. The van der Waals surface area contributed by atoms with Crippen molar-refractivity contribution in [3.05, 3.63) is 47.0 Å². The third-order valence-corrected chi connectivity index (χ3v) is 3.54. The minimum Gasteiger partial charge on any atom is -0.389 e. The second kappa shape index (κ2) is 4.40. The third kappa shape index (κ3) is 2.15. The smallest absolute Gasteiger partial charge is 0.203 e. The molecule has 1 unspecified atom stereocenters.